The molecule has 0 spiro atoms. The number of thiophene rings is 1. The van der Waals surface area contributed by atoms with Crippen LogP contribution in [0.5, 0.6) is 0 Å². The third kappa shape index (κ3) is 1.87. The number of nitrogens with two attached hydrogens (primary N) is 1. The Bertz CT molecular complexity index is 654. The van der Waals surface area contributed by atoms with Crippen molar-refractivity contribution < 1.29 is 0 Å². The summed E-state index contributed by atoms with van der Waals surface area (Å²) in [5, 5.41) is 11.2. The molecule has 2 N–H and O–H groups in total. The molecule has 1 aromatic carbocycles. The standard InChI is InChI=1S/C15H15N3S/c1-10-12-6-8-19-14(12)5-7-18(10)13-4-2-3-11(9-16)15(13)17/h2-4,6,8,10H,5,7,17H2,1H3. The summed E-state index contributed by atoms with van der Waals surface area (Å²) in [6.07, 6.45) is 1.05. The van der Waals surface area contributed by atoms with Gasteiger partial charge in [0.1, 0.15) is 6.07 Å². The van der Waals surface area contributed by atoms with E-state index in [2.05, 4.69) is 29.3 Å². The molecule has 3 nitrogen and oxygen atoms in total. The fourth-order valence-electron chi connectivity index (χ4n) is 2.74. The number of nitrogens with zero attached hydrogens (tertiary/aromatic N) is 2. The predicted molar refractivity (Wildman–Crippen MR) is 79.4 cm³/mol. The minimum atomic E-state index is 0.311. The summed E-state index contributed by atoms with van der Waals surface area (Å²) < 4.78 is 0. The highest BCUT2D eigenvalue weighted by Crippen LogP contribution is 2.38. The molecule has 0 fully saturated rings. The number of nitriles is 1. The molecule has 0 bridgehead atoms. The van der Waals surface area contributed by atoms with Gasteiger partial charge in [0.2, 0.25) is 0 Å². The number of fused-ring (bicyclic) bond motifs is 1. The fourth-order valence-corrected chi connectivity index (χ4v) is 3.70. The summed E-state index contributed by atoms with van der Waals surface area (Å²) in [7, 11) is 0. The Morgan fingerprint density at radius 2 is 2.26 bits per heavy atom. The highest BCUT2D eigenvalue weighted by atomic mass is 32.1. The van der Waals surface area contributed by atoms with Crippen LogP contribution in [0.15, 0.2) is 29.6 Å². The highest BCUT2D eigenvalue weighted by Gasteiger charge is 2.26. The van der Waals surface area contributed by atoms with Crippen LogP contribution in [0.25, 0.3) is 0 Å². The number of para-hydroxylation sites is 1. The molecule has 0 saturated heterocycles. The normalized spacial score (nSPS) is 17.9. The van der Waals surface area contributed by atoms with Crippen molar-refractivity contribution in [3.63, 3.8) is 0 Å². The monoisotopic (exact) mass is 269 g/mol. The molecule has 19 heavy (non-hydrogen) atoms. The summed E-state index contributed by atoms with van der Waals surface area (Å²) in [6, 6.07) is 10.3. The van der Waals surface area contributed by atoms with Crippen LogP contribution in [-0.2, 0) is 6.42 Å². The van der Waals surface area contributed by atoms with Crippen LogP contribution in [0.3, 0.4) is 0 Å². The second-order valence-electron chi connectivity index (χ2n) is 4.77. The molecular weight excluding hydrogens is 254 g/mol. The van der Waals surface area contributed by atoms with Gasteiger partial charge in [-0.1, -0.05) is 6.07 Å². The number of nitrogen functional groups attached to an aromatic ring is 1. The summed E-state index contributed by atoms with van der Waals surface area (Å²) in [5.41, 5.74) is 9.63. The smallest absolute Gasteiger partial charge is 0.101 e. The molecule has 3 rings (SSSR count). The maximum atomic E-state index is 9.09. The Hall–Kier alpha value is -1.99. The van der Waals surface area contributed by atoms with Crippen molar-refractivity contribution in [2.24, 2.45) is 0 Å². The molecule has 1 aliphatic heterocycles. The largest absolute Gasteiger partial charge is 0.396 e. The fraction of sp³-hybridized carbons (Fsp3) is 0.267. The molecule has 1 atom stereocenters. The van der Waals surface area contributed by atoms with Gasteiger partial charge in [0.15, 0.2) is 0 Å². The van der Waals surface area contributed by atoms with Crippen molar-refractivity contribution in [3.05, 3.63) is 45.6 Å². The van der Waals surface area contributed by atoms with Crippen molar-refractivity contribution in [1.29, 1.82) is 5.26 Å². The van der Waals surface area contributed by atoms with Crippen molar-refractivity contribution >= 4 is 22.7 Å². The molecule has 1 unspecified atom stereocenters. The molecule has 2 heterocycles. The Morgan fingerprint density at radius 3 is 3.05 bits per heavy atom. The zero-order valence-corrected chi connectivity index (χ0v) is 11.6. The lowest BCUT2D eigenvalue weighted by atomic mass is 9.99. The van der Waals surface area contributed by atoms with E-state index in [1.54, 1.807) is 6.07 Å². The molecule has 1 aromatic heterocycles. The number of anilines is 2. The maximum Gasteiger partial charge on any atom is 0.101 e. The third-order valence-corrected chi connectivity index (χ3v) is 4.79. The summed E-state index contributed by atoms with van der Waals surface area (Å²) in [4.78, 5) is 3.77. The first-order valence-corrected chi connectivity index (χ1v) is 7.22. The summed E-state index contributed by atoms with van der Waals surface area (Å²) in [6.45, 7) is 3.15. The first kappa shape index (κ1) is 12.1. The Balaban J connectivity index is 2.03. The average molecular weight is 269 g/mol. The van der Waals surface area contributed by atoms with E-state index in [4.69, 9.17) is 11.0 Å². The molecular formula is C15H15N3S. The van der Waals surface area contributed by atoms with Gasteiger partial charge in [-0.15, -0.1) is 11.3 Å². The van der Waals surface area contributed by atoms with Crippen molar-refractivity contribution in [2.75, 3.05) is 17.2 Å². The van der Waals surface area contributed by atoms with Gasteiger partial charge in [-0.25, -0.2) is 0 Å². The van der Waals surface area contributed by atoms with E-state index < -0.39 is 0 Å². The number of rotatable bonds is 1. The third-order valence-electron chi connectivity index (χ3n) is 3.79. The van der Waals surface area contributed by atoms with E-state index in [9.17, 15) is 0 Å². The molecule has 0 saturated carbocycles. The second kappa shape index (κ2) is 4.60. The van der Waals surface area contributed by atoms with Crippen LogP contribution in [0.1, 0.15) is 29.0 Å². The van der Waals surface area contributed by atoms with Crippen LogP contribution in [0, 0.1) is 11.3 Å². The van der Waals surface area contributed by atoms with Crippen LogP contribution < -0.4 is 10.6 Å². The Kier molecular flexibility index (Phi) is 2.92. The van der Waals surface area contributed by atoms with E-state index in [1.807, 2.05) is 23.5 Å². The maximum absolute atomic E-state index is 9.09. The number of hydrogen-bond acceptors (Lipinski definition) is 4. The van der Waals surface area contributed by atoms with E-state index >= 15 is 0 Å². The van der Waals surface area contributed by atoms with Gasteiger partial charge in [-0.05, 0) is 42.5 Å². The van der Waals surface area contributed by atoms with Gasteiger partial charge in [0.05, 0.1) is 23.0 Å². The molecule has 4 heteroatoms. The Labute approximate surface area is 116 Å². The first-order chi connectivity index (χ1) is 9.22. The zero-order chi connectivity index (χ0) is 13.4. The summed E-state index contributed by atoms with van der Waals surface area (Å²) >= 11 is 1.83. The van der Waals surface area contributed by atoms with Gasteiger partial charge in [-0.2, -0.15) is 5.26 Å². The first-order valence-electron chi connectivity index (χ1n) is 6.34. The lowest BCUT2D eigenvalue weighted by Gasteiger charge is -2.36. The lowest BCUT2D eigenvalue weighted by Crippen LogP contribution is -2.33. The number of hydrogen-bond donors (Lipinski definition) is 1. The van der Waals surface area contributed by atoms with Crippen molar-refractivity contribution in [3.8, 4) is 6.07 Å². The number of benzene rings is 1. The highest BCUT2D eigenvalue weighted by molar-refractivity contribution is 7.10. The molecule has 1 aliphatic rings. The average Bonchev–Trinajstić information content (AvgIpc) is 2.89. The van der Waals surface area contributed by atoms with Crippen LogP contribution in [0.4, 0.5) is 11.4 Å². The quantitative estimate of drug-likeness (QED) is 0.808. The lowest BCUT2D eigenvalue weighted by molar-refractivity contribution is 0.633. The van der Waals surface area contributed by atoms with E-state index in [1.165, 1.54) is 10.4 Å². The second-order valence-corrected chi connectivity index (χ2v) is 5.77. The van der Waals surface area contributed by atoms with Crippen LogP contribution >= 0.6 is 11.3 Å². The van der Waals surface area contributed by atoms with Crippen molar-refractivity contribution in [1.82, 2.24) is 0 Å². The minimum Gasteiger partial charge on any atom is -0.396 e. The topological polar surface area (TPSA) is 53.0 Å². The molecule has 0 radical (unpaired) electrons. The van der Waals surface area contributed by atoms with Crippen molar-refractivity contribution in [2.45, 2.75) is 19.4 Å². The van der Waals surface area contributed by atoms with Gasteiger partial charge in [0.25, 0.3) is 0 Å². The van der Waals surface area contributed by atoms with Crippen LogP contribution in [-0.4, -0.2) is 6.54 Å². The van der Waals surface area contributed by atoms with E-state index in [0.717, 1.165) is 18.7 Å². The van der Waals surface area contributed by atoms with Crippen LogP contribution in [0.2, 0.25) is 0 Å². The summed E-state index contributed by atoms with van der Waals surface area (Å²) in [5.74, 6) is 0. The van der Waals surface area contributed by atoms with Gasteiger partial charge < -0.3 is 10.6 Å². The SMILES string of the molecule is CC1c2ccsc2CCN1c1cccc(C#N)c1N. The van der Waals surface area contributed by atoms with Gasteiger partial charge in [0, 0.05) is 11.4 Å². The Morgan fingerprint density at radius 1 is 1.42 bits per heavy atom. The minimum absolute atomic E-state index is 0.311. The van der Waals surface area contributed by atoms with E-state index in [-0.39, 0.29) is 0 Å². The molecule has 0 amide bonds. The zero-order valence-electron chi connectivity index (χ0n) is 10.8. The molecule has 2 aromatic rings. The van der Waals surface area contributed by atoms with E-state index in [0.29, 0.717) is 17.3 Å². The molecule has 0 aliphatic carbocycles. The van der Waals surface area contributed by atoms with Gasteiger partial charge in [-0.3, -0.25) is 0 Å². The predicted octanol–water partition coefficient (Wildman–Crippen LogP) is 3.33. The molecule has 96 valence electrons. The van der Waals surface area contributed by atoms with Gasteiger partial charge >= 0.3 is 0 Å².